The van der Waals surface area contributed by atoms with Crippen LogP contribution in [0.25, 0.3) is 0 Å². The van der Waals surface area contributed by atoms with Gasteiger partial charge < -0.3 is 15.8 Å². The molecule has 0 unspecified atom stereocenters. The molecule has 0 aliphatic rings. The summed E-state index contributed by atoms with van der Waals surface area (Å²) in [6.07, 6.45) is 0. The van der Waals surface area contributed by atoms with E-state index < -0.39 is 5.54 Å². The van der Waals surface area contributed by atoms with Gasteiger partial charge in [-0.1, -0.05) is 23.2 Å². The molecule has 7 heteroatoms. The maximum atomic E-state index is 11.6. The molecule has 0 atom stereocenters. The number of carbonyl (C=O) groups excluding carboxylic acids is 1. The fraction of sp³-hybridized carbons (Fsp3) is 0.417. The Kier molecular flexibility index (Phi) is 7.52. The van der Waals surface area contributed by atoms with Crippen molar-refractivity contribution in [3.8, 4) is 5.75 Å². The number of ether oxygens (including phenoxy) is 1. The van der Waals surface area contributed by atoms with Gasteiger partial charge in [0.25, 0.3) is 5.91 Å². The fourth-order valence-electron chi connectivity index (χ4n) is 1.20. The van der Waals surface area contributed by atoms with Gasteiger partial charge in [0.2, 0.25) is 0 Å². The highest BCUT2D eigenvalue weighted by molar-refractivity contribution is 6.34. The van der Waals surface area contributed by atoms with Crippen LogP contribution in [0.1, 0.15) is 13.8 Å². The summed E-state index contributed by atoms with van der Waals surface area (Å²) in [5.41, 5.74) is 5.05. The Labute approximate surface area is 129 Å². The van der Waals surface area contributed by atoms with Gasteiger partial charge in [-0.25, -0.2) is 0 Å². The van der Waals surface area contributed by atoms with Crippen LogP contribution in [0.2, 0.25) is 10.0 Å². The lowest BCUT2D eigenvalue weighted by atomic mass is 10.1. The molecule has 0 radical (unpaired) electrons. The molecule has 0 aliphatic heterocycles. The van der Waals surface area contributed by atoms with Gasteiger partial charge in [0, 0.05) is 23.2 Å². The zero-order valence-electron chi connectivity index (χ0n) is 10.7. The summed E-state index contributed by atoms with van der Waals surface area (Å²) in [5.74, 6) is 0.117. The number of carbonyl (C=O) groups is 1. The van der Waals surface area contributed by atoms with E-state index >= 15 is 0 Å². The molecule has 1 aromatic rings. The Bertz CT molecular complexity index is 439. The molecule has 4 nitrogen and oxygen atoms in total. The lowest BCUT2D eigenvalue weighted by Crippen LogP contribution is -2.50. The minimum absolute atomic E-state index is 0. The van der Waals surface area contributed by atoms with E-state index in [1.54, 1.807) is 18.2 Å². The molecule has 0 fully saturated rings. The Morgan fingerprint density at radius 1 is 1.42 bits per heavy atom. The number of amides is 1. The average molecular weight is 328 g/mol. The summed E-state index contributed by atoms with van der Waals surface area (Å²) in [6.45, 7) is 3.87. The first-order chi connectivity index (χ1) is 8.34. The van der Waals surface area contributed by atoms with Gasteiger partial charge in [0.1, 0.15) is 5.75 Å². The molecule has 1 amide bonds. The molecular formula is C12H17Cl3N2O2. The summed E-state index contributed by atoms with van der Waals surface area (Å²) < 4.78 is 5.30. The predicted molar refractivity (Wildman–Crippen MR) is 80.5 cm³/mol. The number of halogens is 3. The van der Waals surface area contributed by atoms with Crippen LogP contribution >= 0.6 is 35.6 Å². The molecule has 0 saturated heterocycles. The molecule has 1 rings (SSSR count). The summed E-state index contributed by atoms with van der Waals surface area (Å²) in [6, 6.07) is 4.82. The van der Waals surface area contributed by atoms with Crippen molar-refractivity contribution in [3.63, 3.8) is 0 Å². The lowest BCUT2D eigenvalue weighted by molar-refractivity contribution is -0.124. The number of benzene rings is 1. The van der Waals surface area contributed by atoms with Crippen molar-refractivity contribution in [1.29, 1.82) is 0 Å². The van der Waals surface area contributed by atoms with Crippen LogP contribution in [-0.4, -0.2) is 24.6 Å². The van der Waals surface area contributed by atoms with Crippen LogP contribution in [0.5, 0.6) is 5.75 Å². The van der Waals surface area contributed by atoms with Gasteiger partial charge in [0.15, 0.2) is 6.61 Å². The van der Waals surface area contributed by atoms with Gasteiger partial charge in [0.05, 0.1) is 5.02 Å². The molecule has 0 saturated carbocycles. The molecule has 0 aromatic heterocycles. The zero-order chi connectivity index (χ0) is 13.8. The molecule has 0 heterocycles. The monoisotopic (exact) mass is 326 g/mol. The van der Waals surface area contributed by atoms with Crippen LogP contribution in [-0.2, 0) is 4.79 Å². The fourth-order valence-corrected chi connectivity index (χ4v) is 1.53. The molecule has 108 valence electrons. The first kappa shape index (κ1) is 18.3. The van der Waals surface area contributed by atoms with Crippen molar-refractivity contribution in [2.75, 3.05) is 13.2 Å². The van der Waals surface area contributed by atoms with E-state index in [-0.39, 0.29) is 24.9 Å². The number of nitrogens with one attached hydrogen (secondary N) is 1. The summed E-state index contributed by atoms with van der Waals surface area (Å²) in [4.78, 5) is 11.6. The summed E-state index contributed by atoms with van der Waals surface area (Å²) in [5, 5.41) is 3.65. The molecule has 0 spiro atoms. The molecule has 19 heavy (non-hydrogen) atoms. The van der Waals surface area contributed by atoms with Crippen LogP contribution < -0.4 is 15.8 Å². The number of rotatable bonds is 5. The van der Waals surface area contributed by atoms with Crippen molar-refractivity contribution < 1.29 is 9.53 Å². The van der Waals surface area contributed by atoms with Crippen molar-refractivity contribution >= 4 is 41.5 Å². The van der Waals surface area contributed by atoms with E-state index in [1.165, 1.54) is 0 Å². The third kappa shape index (κ3) is 6.34. The number of hydrogen-bond donors (Lipinski definition) is 2. The van der Waals surface area contributed by atoms with Gasteiger partial charge in [-0.15, -0.1) is 12.4 Å². The summed E-state index contributed by atoms with van der Waals surface area (Å²) in [7, 11) is 0. The molecular weight excluding hydrogens is 311 g/mol. The van der Waals surface area contributed by atoms with E-state index in [9.17, 15) is 4.79 Å². The van der Waals surface area contributed by atoms with Crippen molar-refractivity contribution in [2.24, 2.45) is 5.73 Å². The van der Waals surface area contributed by atoms with E-state index in [0.717, 1.165) is 0 Å². The van der Waals surface area contributed by atoms with Gasteiger partial charge in [-0.3, -0.25) is 4.79 Å². The SMILES string of the molecule is CC(C)(CN)NC(=O)COc1cc(Cl)ccc1Cl.Cl. The van der Waals surface area contributed by atoms with Crippen molar-refractivity contribution in [3.05, 3.63) is 28.2 Å². The van der Waals surface area contributed by atoms with Crippen molar-refractivity contribution in [2.45, 2.75) is 19.4 Å². The highest BCUT2D eigenvalue weighted by Crippen LogP contribution is 2.27. The average Bonchev–Trinajstić information content (AvgIpc) is 2.30. The van der Waals surface area contributed by atoms with Crippen LogP contribution in [0.15, 0.2) is 18.2 Å². The second kappa shape index (κ2) is 7.80. The van der Waals surface area contributed by atoms with Crippen molar-refractivity contribution in [1.82, 2.24) is 5.32 Å². The van der Waals surface area contributed by atoms with E-state index in [1.807, 2.05) is 13.8 Å². The topological polar surface area (TPSA) is 64.3 Å². The largest absolute Gasteiger partial charge is 0.482 e. The normalized spacial score (nSPS) is 10.6. The zero-order valence-corrected chi connectivity index (χ0v) is 13.0. The lowest BCUT2D eigenvalue weighted by Gasteiger charge is -2.24. The third-order valence-corrected chi connectivity index (χ3v) is 2.79. The smallest absolute Gasteiger partial charge is 0.258 e. The Morgan fingerprint density at radius 2 is 2.05 bits per heavy atom. The van der Waals surface area contributed by atoms with Gasteiger partial charge in [-0.05, 0) is 26.0 Å². The Hall–Kier alpha value is -0.680. The molecule has 1 aromatic carbocycles. The van der Waals surface area contributed by atoms with E-state index in [0.29, 0.717) is 22.3 Å². The molecule has 0 aliphatic carbocycles. The highest BCUT2D eigenvalue weighted by Gasteiger charge is 2.18. The van der Waals surface area contributed by atoms with Crippen LogP contribution in [0.4, 0.5) is 0 Å². The predicted octanol–water partition coefficient (Wildman–Crippen LogP) is 2.65. The van der Waals surface area contributed by atoms with Gasteiger partial charge in [-0.2, -0.15) is 0 Å². The second-order valence-corrected chi connectivity index (χ2v) is 5.34. The Morgan fingerprint density at radius 3 is 2.63 bits per heavy atom. The second-order valence-electron chi connectivity index (χ2n) is 4.50. The van der Waals surface area contributed by atoms with Gasteiger partial charge >= 0.3 is 0 Å². The molecule has 3 N–H and O–H groups in total. The molecule has 0 bridgehead atoms. The van der Waals surface area contributed by atoms with Crippen LogP contribution in [0, 0.1) is 0 Å². The minimum atomic E-state index is -0.460. The van der Waals surface area contributed by atoms with Crippen LogP contribution in [0.3, 0.4) is 0 Å². The quantitative estimate of drug-likeness (QED) is 0.874. The maximum Gasteiger partial charge on any atom is 0.258 e. The summed E-state index contributed by atoms with van der Waals surface area (Å²) >= 11 is 11.7. The Balaban J connectivity index is 0.00000324. The number of nitrogens with two attached hydrogens (primary N) is 1. The first-order valence-electron chi connectivity index (χ1n) is 5.43. The third-order valence-electron chi connectivity index (χ3n) is 2.24. The maximum absolute atomic E-state index is 11.6. The minimum Gasteiger partial charge on any atom is -0.482 e. The highest BCUT2D eigenvalue weighted by atomic mass is 35.5. The number of hydrogen-bond acceptors (Lipinski definition) is 3. The van der Waals surface area contributed by atoms with E-state index in [2.05, 4.69) is 5.32 Å². The first-order valence-corrected chi connectivity index (χ1v) is 6.18. The van der Waals surface area contributed by atoms with E-state index in [4.69, 9.17) is 33.7 Å². The standard InChI is InChI=1S/C12H16Cl2N2O2.ClH/c1-12(2,7-15)16-11(17)6-18-10-5-8(13)3-4-9(10)14;/h3-5H,6-7,15H2,1-2H3,(H,16,17);1H.